The maximum atomic E-state index is 13.4. The Kier molecular flexibility index (Phi) is 8.08. The average molecular weight is 440 g/mol. The largest absolute Gasteiger partial charge is 0.497 e. The first-order valence-corrected chi connectivity index (χ1v) is 10.7. The summed E-state index contributed by atoms with van der Waals surface area (Å²) in [7, 11) is 1.55. The maximum absolute atomic E-state index is 13.4. The SMILES string of the molecule is C=CCN(C(=O)CNC(=O)c1ccco1)[C@H](C(=O)NC1CCCC1)c1cccc(OC)c1. The van der Waals surface area contributed by atoms with E-state index < -0.39 is 17.9 Å². The Hall–Kier alpha value is -3.55. The molecule has 8 heteroatoms. The molecule has 1 fully saturated rings. The van der Waals surface area contributed by atoms with Crippen LogP contribution >= 0.6 is 0 Å². The zero-order chi connectivity index (χ0) is 22.9. The molecule has 1 aromatic carbocycles. The molecule has 8 nitrogen and oxygen atoms in total. The summed E-state index contributed by atoms with van der Waals surface area (Å²) in [4.78, 5) is 40.1. The number of methoxy groups -OCH3 is 1. The van der Waals surface area contributed by atoms with Crippen molar-refractivity contribution in [2.45, 2.75) is 37.8 Å². The fraction of sp³-hybridized carbons (Fsp3) is 0.375. The van der Waals surface area contributed by atoms with Crippen molar-refractivity contribution in [3.05, 3.63) is 66.6 Å². The third kappa shape index (κ3) is 5.78. The zero-order valence-electron chi connectivity index (χ0n) is 18.2. The normalized spacial score (nSPS) is 14.4. The molecule has 0 unspecified atom stereocenters. The Balaban J connectivity index is 1.83. The van der Waals surface area contributed by atoms with Crippen LogP contribution in [0.4, 0.5) is 0 Å². The summed E-state index contributed by atoms with van der Waals surface area (Å²) in [5.74, 6) is -0.498. The first-order valence-electron chi connectivity index (χ1n) is 10.7. The molecule has 170 valence electrons. The third-order valence-electron chi connectivity index (χ3n) is 5.46. The number of nitrogens with one attached hydrogen (secondary N) is 2. The van der Waals surface area contributed by atoms with E-state index in [9.17, 15) is 14.4 Å². The van der Waals surface area contributed by atoms with Crippen LogP contribution in [-0.2, 0) is 9.59 Å². The summed E-state index contributed by atoms with van der Waals surface area (Å²) < 4.78 is 10.4. The van der Waals surface area contributed by atoms with Gasteiger partial charge in [0.05, 0.1) is 19.9 Å². The van der Waals surface area contributed by atoms with Crippen LogP contribution in [-0.4, -0.2) is 48.9 Å². The fourth-order valence-corrected chi connectivity index (χ4v) is 3.88. The quantitative estimate of drug-likeness (QED) is 0.555. The molecule has 1 aliphatic rings. The summed E-state index contributed by atoms with van der Waals surface area (Å²) in [6.07, 6.45) is 6.93. The Morgan fingerprint density at radius 2 is 2.03 bits per heavy atom. The lowest BCUT2D eigenvalue weighted by molar-refractivity contribution is -0.139. The first kappa shape index (κ1) is 23.1. The minimum absolute atomic E-state index is 0.0925. The van der Waals surface area contributed by atoms with Crippen LogP contribution in [0.5, 0.6) is 5.75 Å². The molecule has 1 heterocycles. The highest BCUT2D eigenvalue weighted by Crippen LogP contribution is 2.27. The highest BCUT2D eigenvalue weighted by molar-refractivity contribution is 5.95. The monoisotopic (exact) mass is 439 g/mol. The summed E-state index contributed by atoms with van der Waals surface area (Å²) in [5, 5.41) is 5.64. The number of hydrogen-bond donors (Lipinski definition) is 2. The molecule has 0 radical (unpaired) electrons. The van der Waals surface area contributed by atoms with E-state index in [1.54, 1.807) is 43.5 Å². The number of ether oxygens (including phenoxy) is 1. The topological polar surface area (TPSA) is 101 Å². The van der Waals surface area contributed by atoms with Gasteiger partial charge in [-0.15, -0.1) is 6.58 Å². The number of hydrogen-bond acceptors (Lipinski definition) is 5. The summed E-state index contributed by atoms with van der Waals surface area (Å²) in [6, 6.07) is 9.38. The predicted molar refractivity (Wildman–Crippen MR) is 119 cm³/mol. The molecule has 1 saturated carbocycles. The van der Waals surface area contributed by atoms with Gasteiger partial charge < -0.3 is 24.7 Å². The van der Waals surface area contributed by atoms with Crippen LogP contribution in [0.15, 0.2) is 59.7 Å². The molecular formula is C24H29N3O5. The van der Waals surface area contributed by atoms with Crippen molar-refractivity contribution in [2.24, 2.45) is 0 Å². The van der Waals surface area contributed by atoms with Gasteiger partial charge in [-0.05, 0) is 42.7 Å². The van der Waals surface area contributed by atoms with Crippen LogP contribution in [0.2, 0.25) is 0 Å². The van der Waals surface area contributed by atoms with Crippen molar-refractivity contribution in [1.82, 2.24) is 15.5 Å². The molecule has 1 aromatic heterocycles. The molecule has 1 atom stereocenters. The average Bonchev–Trinajstić information content (AvgIpc) is 3.51. The lowest BCUT2D eigenvalue weighted by Gasteiger charge is -2.31. The van der Waals surface area contributed by atoms with Crippen molar-refractivity contribution in [3.8, 4) is 5.75 Å². The highest BCUT2D eigenvalue weighted by atomic mass is 16.5. The summed E-state index contributed by atoms with van der Waals surface area (Å²) >= 11 is 0. The Bertz CT molecular complexity index is 935. The minimum Gasteiger partial charge on any atom is -0.497 e. The van der Waals surface area contributed by atoms with E-state index in [2.05, 4.69) is 17.2 Å². The van der Waals surface area contributed by atoms with E-state index in [0.29, 0.717) is 11.3 Å². The lowest BCUT2D eigenvalue weighted by Crippen LogP contribution is -2.48. The number of carbonyl (C=O) groups excluding carboxylic acids is 3. The van der Waals surface area contributed by atoms with Gasteiger partial charge in [-0.2, -0.15) is 0 Å². The van der Waals surface area contributed by atoms with Gasteiger partial charge in [0.25, 0.3) is 5.91 Å². The van der Waals surface area contributed by atoms with Gasteiger partial charge in [0, 0.05) is 12.6 Å². The predicted octanol–water partition coefficient (Wildman–Crippen LogP) is 2.83. The summed E-state index contributed by atoms with van der Waals surface area (Å²) in [5.41, 5.74) is 0.618. The second kappa shape index (κ2) is 11.2. The van der Waals surface area contributed by atoms with Crippen molar-refractivity contribution in [1.29, 1.82) is 0 Å². The van der Waals surface area contributed by atoms with Gasteiger partial charge in [-0.25, -0.2) is 0 Å². The molecule has 0 aliphatic heterocycles. The van der Waals surface area contributed by atoms with Crippen LogP contribution in [0.1, 0.15) is 47.8 Å². The van der Waals surface area contributed by atoms with Gasteiger partial charge >= 0.3 is 0 Å². The Morgan fingerprint density at radius 1 is 1.25 bits per heavy atom. The van der Waals surface area contributed by atoms with Crippen molar-refractivity contribution in [3.63, 3.8) is 0 Å². The van der Waals surface area contributed by atoms with Crippen LogP contribution in [0, 0.1) is 0 Å². The number of rotatable bonds is 10. The second-order valence-electron chi connectivity index (χ2n) is 7.66. The Labute approximate surface area is 187 Å². The standard InChI is InChI=1S/C24H29N3O5/c1-3-13-27(21(28)16-25-23(29)20-12-7-14-32-20)22(17-8-6-11-19(15-17)31-2)24(30)26-18-9-4-5-10-18/h3,6-8,11-12,14-15,18,22H,1,4-5,9-10,13,16H2,2H3,(H,25,29)(H,26,30)/t22-/m0/s1. The van der Waals surface area contributed by atoms with Gasteiger partial charge in [-0.1, -0.05) is 31.1 Å². The number of furan rings is 1. The van der Waals surface area contributed by atoms with Gasteiger partial charge in [0.1, 0.15) is 11.8 Å². The molecule has 1 aliphatic carbocycles. The van der Waals surface area contributed by atoms with Gasteiger partial charge in [0.2, 0.25) is 11.8 Å². The van der Waals surface area contributed by atoms with Gasteiger partial charge in [0.15, 0.2) is 5.76 Å². The molecular weight excluding hydrogens is 410 g/mol. The van der Waals surface area contributed by atoms with E-state index in [-0.39, 0.29) is 30.8 Å². The lowest BCUT2D eigenvalue weighted by atomic mass is 10.0. The molecule has 2 N–H and O–H groups in total. The molecule has 3 rings (SSSR count). The summed E-state index contributed by atoms with van der Waals surface area (Å²) in [6.45, 7) is 3.59. The third-order valence-corrected chi connectivity index (χ3v) is 5.46. The molecule has 0 bridgehead atoms. The van der Waals surface area contributed by atoms with E-state index in [1.165, 1.54) is 17.2 Å². The van der Waals surface area contributed by atoms with Crippen LogP contribution in [0.25, 0.3) is 0 Å². The second-order valence-corrected chi connectivity index (χ2v) is 7.66. The van der Waals surface area contributed by atoms with Crippen LogP contribution in [0.3, 0.4) is 0 Å². The van der Waals surface area contributed by atoms with E-state index in [4.69, 9.17) is 9.15 Å². The maximum Gasteiger partial charge on any atom is 0.287 e. The smallest absolute Gasteiger partial charge is 0.287 e. The number of carbonyl (C=O) groups is 3. The highest BCUT2D eigenvalue weighted by Gasteiger charge is 2.33. The molecule has 2 aromatic rings. The first-order chi connectivity index (χ1) is 15.5. The Morgan fingerprint density at radius 3 is 2.69 bits per heavy atom. The van der Waals surface area contributed by atoms with E-state index >= 15 is 0 Å². The molecule has 0 saturated heterocycles. The molecule has 3 amide bonds. The van der Waals surface area contributed by atoms with E-state index in [1.807, 2.05) is 0 Å². The molecule has 0 spiro atoms. The van der Waals surface area contributed by atoms with Crippen LogP contribution < -0.4 is 15.4 Å². The minimum atomic E-state index is -0.892. The van der Waals surface area contributed by atoms with Crippen molar-refractivity contribution < 1.29 is 23.5 Å². The van der Waals surface area contributed by atoms with Gasteiger partial charge in [-0.3, -0.25) is 14.4 Å². The van der Waals surface area contributed by atoms with E-state index in [0.717, 1.165) is 25.7 Å². The number of amides is 3. The number of benzene rings is 1. The van der Waals surface area contributed by atoms with Crippen molar-refractivity contribution >= 4 is 17.7 Å². The fourth-order valence-electron chi connectivity index (χ4n) is 3.88. The molecule has 32 heavy (non-hydrogen) atoms. The number of nitrogens with zero attached hydrogens (tertiary/aromatic N) is 1. The van der Waals surface area contributed by atoms with Crippen molar-refractivity contribution in [2.75, 3.05) is 20.2 Å². The zero-order valence-corrected chi connectivity index (χ0v) is 18.2.